The summed E-state index contributed by atoms with van der Waals surface area (Å²) in [6.45, 7) is 2.57. The Morgan fingerprint density at radius 1 is 1.42 bits per heavy atom. The molecule has 3 rings (SSSR count). The average Bonchev–Trinajstić information content (AvgIpc) is 3.21. The Kier molecular flexibility index (Phi) is 5.68. The van der Waals surface area contributed by atoms with E-state index in [1.165, 1.54) is 33.1 Å². The number of ether oxygens (including phenoxy) is 1. The Morgan fingerprint density at radius 2 is 2.29 bits per heavy atom. The van der Waals surface area contributed by atoms with Crippen molar-refractivity contribution >= 4 is 34.6 Å². The predicted octanol–water partition coefficient (Wildman–Crippen LogP) is 3.45. The second-order valence-electron chi connectivity index (χ2n) is 6.16. The molecule has 2 heterocycles. The first-order chi connectivity index (χ1) is 11.6. The number of rotatable bonds is 6. The molecule has 0 radical (unpaired) electrons. The Labute approximate surface area is 149 Å². The molecule has 0 spiro atoms. The summed E-state index contributed by atoms with van der Waals surface area (Å²) in [5.74, 6) is 0.0235. The van der Waals surface area contributed by atoms with Crippen LogP contribution in [0.15, 0.2) is 23.6 Å². The third kappa shape index (κ3) is 4.45. The number of thiophene rings is 2. The highest BCUT2D eigenvalue weighted by Gasteiger charge is 2.21. The second kappa shape index (κ2) is 7.94. The van der Waals surface area contributed by atoms with Crippen molar-refractivity contribution in [3.8, 4) is 0 Å². The molecule has 0 fully saturated rings. The topological polar surface area (TPSA) is 55.4 Å². The van der Waals surface area contributed by atoms with Gasteiger partial charge < -0.3 is 10.1 Å². The van der Waals surface area contributed by atoms with E-state index in [0.29, 0.717) is 17.3 Å². The summed E-state index contributed by atoms with van der Waals surface area (Å²) in [6.07, 6.45) is 4.04. The maximum absolute atomic E-state index is 12.1. The van der Waals surface area contributed by atoms with Gasteiger partial charge in [0, 0.05) is 16.3 Å². The highest BCUT2D eigenvalue weighted by molar-refractivity contribution is 7.14. The molecule has 4 nitrogen and oxygen atoms in total. The van der Waals surface area contributed by atoms with Crippen LogP contribution in [0.1, 0.15) is 38.3 Å². The summed E-state index contributed by atoms with van der Waals surface area (Å²) >= 11 is 3.18. The van der Waals surface area contributed by atoms with Crippen molar-refractivity contribution in [1.29, 1.82) is 0 Å². The van der Waals surface area contributed by atoms with Gasteiger partial charge in [0.05, 0.1) is 0 Å². The molecule has 6 heteroatoms. The minimum atomic E-state index is -0.393. The molecule has 0 unspecified atom stereocenters. The fourth-order valence-electron chi connectivity index (χ4n) is 2.84. The Balaban J connectivity index is 1.42. The minimum Gasteiger partial charge on any atom is -0.451 e. The predicted molar refractivity (Wildman–Crippen MR) is 96.8 cm³/mol. The molecule has 1 N–H and O–H groups in total. The first kappa shape index (κ1) is 17.2. The van der Waals surface area contributed by atoms with Gasteiger partial charge in [0.25, 0.3) is 5.91 Å². The van der Waals surface area contributed by atoms with Crippen molar-refractivity contribution in [2.45, 2.75) is 32.6 Å². The third-order valence-electron chi connectivity index (χ3n) is 4.14. The van der Waals surface area contributed by atoms with Crippen LogP contribution in [0.3, 0.4) is 0 Å². The highest BCUT2D eigenvalue weighted by atomic mass is 32.1. The first-order valence-corrected chi connectivity index (χ1v) is 9.89. The van der Waals surface area contributed by atoms with Gasteiger partial charge in [-0.2, -0.15) is 0 Å². The van der Waals surface area contributed by atoms with E-state index < -0.39 is 5.97 Å². The standard InChI is InChI=1S/C18H21NO3S2/c1-12-4-5-15-13(9-12)10-16(24-15)18(21)22-11-17(20)19-7-6-14-3-2-8-23-14/h2-3,8,10,12H,4-7,9,11H2,1H3,(H,19,20)/t12-/m1/s1. The number of carbonyl (C=O) groups is 2. The maximum atomic E-state index is 12.1. The van der Waals surface area contributed by atoms with E-state index in [4.69, 9.17) is 4.74 Å². The monoisotopic (exact) mass is 363 g/mol. The lowest BCUT2D eigenvalue weighted by Crippen LogP contribution is -2.30. The van der Waals surface area contributed by atoms with Gasteiger partial charge in [0.1, 0.15) is 4.88 Å². The molecule has 1 aliphatic carbocycles. The molecule has 24 heavy (non-hydrogen) atoms. The lowest BCUT2D eigenvalue weighted by molar-refractivity contribution is -0.124. The van der Waals surface area contributed by atoms with Crippen molar-refractivity contribution in [2.75, 3.05) is 13.2 Å². The summed E-state index contributed by atoms with van der Waals surface area (Å²) in [5.41, 5.74) is 1.27. The number of amides is 1. The van der Waals surface area contributed by atoms with Gasteiger partial charge in [-0.3, -0.25) is 4.79 Å². The lowest BCUT2D eigenvalue weighted by Gasteiger charge is -2.16. The van der Waals surface area contributed by atoms with Gasteiger partial charge in [-0.1, -0.05) is 13.0 Å². The van der Waals surface area contributed by atoms with Gasteiger partial charge in [0.2, 0.25) is 0 Å². The zero-order chi connectivity index (χ0) is 16.9. The number of hydrogen-bond donors (Lipinski definition) is 1. The van der Waals surface area contributed by atoms with E-state index >= 15 is 0 Å². The third-order valence-corrected chi connectivity index (χ3v) is 6.29. The SMILES string of the molecule is C[C@@H]1CCc2sc(C(=O)OCC(=O)NCCc3cccs3)cc2C1. The van der Waals surface area contributed by atoms with Crippen LogP contribution in [0.4, 0.5) is 0 Å². The summed E-state index contributed by atoms with van der Waals surface area (Å²) in [7, 11) is 0. The van der Waals surface area contributed by atoms with E-state index in [0.717, 1.165) is 19.3 Å². The van der Waals surface area contributed by atoms with Gasteiger partial charge in [-0.05, 0) is 54.7 Å². The molecule has 0 bridgehead atoms. The van der Waals surface area contributed by atoms with Crippen molar-refractivity contribution in [2.24, 2.45) is 5.92 Å². The molecule has 2 aromatic rings. The lowest BCUT2D eigenvalue weighted by atomic mass is 9.90. The summed E-state index contributed by atoms with van der Waals surface area (Å²) in [5, 5.41) is 4.79. The smallest absolute Gasteiger partial charge is 0.348 e. The molecule has 0 aromatic carbocycles. The van der Waals surface area contributed by atoms with Crippen LogP contribution in [0, 0.1) is 5.92 Å². The number of carbonyl (C=O) groups excluding carboxylic acids is 2. The zero-order valence-electron chi connectivity index (χ0n) is 13.7. The molecule has 1 atom stereocenters. The number of esters is 1. The highest BCUT2D eigenvalue weighted by Crippen LogP contribution is 2.32. The molecule has 128 valence electrons. The van der Waals surface area contributed by atoms with Gasteiger partial charge >= 0.3 is 5.97 Å². The van der Waals surface area contributed by atoms with Crippen molar-refractivity contribution in [3.63, 3.8) is 0 Å². The molecule has 1 amide bonds. The normalized spacial score (nSPS) is 16.5. The van der Waals surface area contributed by atoms with Crippen molar-refractivity contribution in [3.05, 3.63) is 43.8 Å². The largest absolute Gasteiger partial charge is 0.451 e. The molecule has 0 saturated carbocycles. The summed E-state index contributed by atoms with van der Waals surface area (Å²) < 4.78 is 5.14. The van der Waals surface area contributed by atoms with E-state index in [1.807, 2.05) is 23.6 Å². The molecule has 1 aliphatic rings. The Hall–Kier alpha value is -1.66. The molecular weight excluding hydrogens is 342 g/mol. The van der Waals surface area contributed by atoms with Crippen LogP contribution in [0.2, 0.25) is 0 Å². The fourth-order valence-corrected chi connectivity index (χ4v) is 4.65. The minimum absolute atomic E-state index is 0.220. The van der Waals surface area contributed by atoms with Crippen LogP contribution in [-0.2, 0) is 28.8 Å². The van der Waals surface area contributed by atoms with Crippen LogP contribution in [-0.4, -0.2) is 25.0 Å². The molecule has 0 aliphatic heterocycles. The van der Waals surface area contributed by atoms with Crippen LogP contribution < -0.4 is 5.32 Å². The molecule has 0 saturated heterocycles. The van der Waals surface area contributed by atoms with E-state index in [1.54, 1.807) is 11.3 Å². The fraction of sp³-hybridized carbons (Fsp3) is 0.444. The van der Waals surface area contributed by atoms with Crippen LogP contribution >= 0.6 is 22.7 Å². The number of hydrogen-bond acceptors (Lipinski definition) is 5. The average molecular weight is 364 g/mol. The Morgan fingerprint density at radius 3 is 3.08 bits per heavy atom. The van der Waals surface area contributed by atoms with E-state index in [-0.39, 0.29) is 12.5 Å². The van der Waals surface area contributed by atoms with Gasteiger partial charge in [0.15, 0.2) is 6.61 Å². The summed E-state index contributed by atoms with van der Waals surface area (Å²) in [4.78, 5) is 27.0. The number of aryl methyl sites for hydroxylation is 1. The number of nitrogens with one attached hydrogen (secondary N) is 1. The molecular formula is C18H21NO3S2. The zero-order valence-corrected chi connectivity index (χ0v) is 15.3. The van der Waals surface area contributed by atoms with E-state index in [2.05, 4.69) is 12.2 Å². The van der Waals surface area contributed by atoms with Crippen molar-refractivity contribution in [1.82, 2.24) is 5.32 Å². The number of fused-ring (bicyclic) bond motifs is 1. The van der Waals surface area contributed by atoms with Crippen LogP contribution in [0.5, 0.6) is 0 Å². The first-order valence-electron chi connectivity index (χ1n) is 8.19. The van der Waals surface area contributed by atoms with Crippen molar-refractivity contribution < 1.29 is 14.3 Å². The molecule has 2 aromatic heterocycles. The van der Waals surface area contributed by atoms with Gasteiger partial charge in [-0.25, -0.2) is 4.79 Å². The quantitative estimate of drug-likeness (QED) is 0.800. The second-order valence-corrected chi connectivity index (χ2v) is 8.33. The van der Waals surface area contributed by atoms with Gasteiger partial charge in [-0.15, -0.1) is 22.7 Å². The maximum Gasteiger partial charge on any atom is 0.348 e. The summed E-state index contributed by atoms with van der Waals surface area (Å²) in [6, 6.07) is 5.97. The Bertz CT molecular complexity index is 706. The van der Waals surface area contributed by atoms with Crippen LogP contribution in [0.25, 0.3) is 0 Å². The van der Waals surface area contributed by atoms with E-state index in [9.17, 15) is 9.59 Å².